The highest BCUT2D eigenvalue weighted by Gasteiger charge is 2.25. The predicted molar refractivity (Wildman–Crippen MR) is 142 cm³/mol. The molecule has 1 amide bonds. The number of hydrogen-bond donors (Lipinski definition) is 1. The van der Waals surface area contributed by atoms with E-state index in [1.54, 1.807) is 91.0 Å². The number of amides is 1. The smallest absolute Gasteiger partial charge is 0.264 e. The van der Waals surface area contributed by atoms with Crippen LogP contribution in [-0.2, 0) is 16.6 Å². The first-order valence-electron chi connectivity index (χ1n) is 11.3. The average molecular weight is 521 g/mol. The molecule has 8 heteroatoms. The lowest BCUT2D eigenvalue weighted by Gasteiger charge is -2.25. The van der Waals surface area contributed by atoms with Crippen LogP contribution in [0.1, 0.15) is 15.9 Å². The average Bonchev–Trinajstić information content (AvgIpc) is 2.92. The number of para-hydroxylation sites is 2. The summed E-state index contributed by atoms with van der Waals surface area (Å²) in [5.41, 5.74) is 1.77. The van der Waals surface area contributed by atoms with Crippen molar-refractivity contribution in [2.75, 3.05) is 17.5 Å². The van der Waals surface area contributed by atoms with Gasteiger partial charge in [-0.25, -0.2) is 8.42 Å². The molecule has 184 valence electrons. The van der Waals surface area contributed by atoms with Crippen LogP contribution in [0.5, 0.6) is 5.75 Å². The maximum Gasteiger partial charge on any atom is 0.264 e. The molecule has 0 unspecified atom stereocenters. The van der Waals surface area contributed by atoms with Gasteiger partial charge in [-0.05, 0) is 54.1 Å². The van der Waals surface area contributed by atoms with E-state index >= 15 is 0 Å². The van der Waals surface area contributed by atoms with Gasteiger partial charge in [0.25, 0.3) is 15.9 Å². The van der Waals surface area contributed by atoms with Gasteiger partial charge in [0.15, 0.2) is 0 Å². The first-order chi connectivity index (χ1) is 17.4. The van der Waals surface area contributed by atoms with E-state index in [1.807, 2.05) is 18.2 Å². The Labute approximate surface area is 216 Å². The molecule has 0 aliphatic heterocycles. The molecule has 0 atom stereocenters. The zero-order valence-electron chi connectivity index (χ0n) is 19.4. The number of sulfonamides is 1. The van der Waals surface area contributed by atoms with Gasteiger partial charge in [0.1, 0.15) is 12.4 Å². The lowest BCUT2D eigenvalue weighted by Crippen LogP contribution is -2.30. The molecule has 0 aliphatic carbocycles. The van der Waals surface area contributed by atoms with E-state index in [9.17, 15) is 13.2 Å². The summed E-state index contributed by atoms with van der Waals surface area (Å²) in [6.07, 6.45) is 0. The number of nitrogens with zero attached hydrogens (tertiary/aromatic N) is 1. The summed E-state index contributed by atoms with van der Waals surface area (Å²) >= 11 is 6.06. The fourth-order valence-electron chi connectivity index (χ4n) is 3.55. The molecule has 0 bridgehead atoms. The van der Waals surface area contributed by atoms with Crippen molar-refractivity contribution in [2.45, 2.75) is 11.4 Å². The van der Waals surface area contributed by atoms with Gasteiger partial charge >= 0.3 is 0 Å². The number of rotatable bonds is 10. The lowest BCUT2D eigenvalue weighted by atomic mass is 10.1. The van der Waals surface area contributed by atoms with Gasteiger partial charge in [0.2, 0.25) is 0 Å². The molecule has 0 aliphatic rings. The summed E-state index contributed by atoms with van der Waals surface area (Å²) in [6.45, 7) is 0.703. The van der Waals surface area contributed by atoms with E-state index in [0.717, 1.165) is 5.56 Å². The van der Waals surface area contributed by atoms with Crippen molar-refractivity contribution in [3.8, 4) is 5.75 Å². The molecular formula is C28H25ClN2O4S. The standard InChI is InChI=1S/C28H25ClN2O4S/c29-26-13-7-8-14-27(26)35-20-19-30-28(32)23-17-15-22(16-18-23)21-31(24-9-3-1-4-10-24)36(33,34)25-11-5-2-6-12-25/h1-18H,19-21H2,(H,30,32). The van der Waals surface area contributed by atoms with Gasteiger partial charge in [-0.1, -0.05) is 72.3 Å². The second kappa shape index (κ2) is 11.7. The van der Waals surface area contributed by atoms with Crippen LogP contribution in [-0.4, -0.2) is 27.5 Å². The van der Waals surface area contributed by atoms with Crippen LogP contribution in [0.25, 0.3) is 0 Å². The van der Waals surface area contributed by atoms with Crippen LogP contribution >= 0.6 is 11.6 Å². The van der Waals surface area contributed by atoms with Gasteiger partial charge < -0.3 is 10.1 Å². The third-order valence-electron chi connectivity index (χ3n) is 5.40. The van der Waals surface area contributed by atoms with Crippen molar-refractivity contribution in [3.05, 3.63) is 125 Å². The van der Waals surface area contributed by atoms with Crippen LogP contribution in [0.4, 0.5) is 5.69 Å². The number of halogens is 1. The predicted octanol–water partition coefficient (Wildman–Crippen LogP) is 5.54. The van der Waals surface area contributed by atoms with Crippen LogP contribution in [0.15, 0.2) is 114 Å². The van der Waals surface area contributed by atoms with Gasteiger partial charge in [0.05, 0.1) is 28.7 Å². The number of hydrogen-bond acceptors (Lipinski definition) is 4. The molecule has 1 N–H and O–H groups in total. The van der Waals surface area contributed by atoms with E-state index in [1.165, 1.54) is 4.31 Å². The van der Waals surface area contributed by atoms with Crippen LogP contribution in [0, 0.1) is 0 Å². The molecule has 36 heavy (non-hydrogen) atoms. The lowest BCUT2D eigenvalue weighted by molar-refractivity contribution is 0.0947. The highest BCUT2D eigenvalue weighted by Crippen LogP contribution is 2.26. The summed E-state index contributed by atoms with van der Waals surface area (Å²) in [4.78, 5) is 12.7. The van der Waals surface area contributed by atoms with Crippen LogP contribution in [0.2, 0.25) is 5.02 Å². The maximum absolute atomic E-state index is 13.4. The maximum atomic E-state index is 13.4. The van der Waals surface area contributed by atoms with E-state index in [-0.39, 0.29) is 24.0 Å². The SMILES string of the molecule is O=C(NCCOc1ccccc1Cl)c1ccc(CN(c2ccccc2)S(=O)(=O)c2ccccc2)cc1. The number of nitrogens with one attached hydrogen (secondary N) is 1. The molecule has 0 aromatic heterocycles. The van der Waals surface area contributed by atoms with Crippen LogP contribution in [0.3, 0.4) is 0 Å². The van der Waals surface area contributed by atoms with E-state index < -0.39 is 10.0 Å². The molecule has 6 nitrogen and oxygen atoms in total. The number of carbonyl (C=O) groups is 1. The van der Waals surface area contributed by atoms with E-state index in [0.29, 0.717) is 28.6 Å². The molecule has 0 heterocycles. The third-order valence-corrected chi connectivity index (χ3v) is 7.50. The zero-order valence-corrected chi connectivity index (χ0v) is 21.0. The Hall–Kier alpha value is -3.81. The molecule has 4 aromatic carbocycles. The third kappa shape index (κ3) is 6.24. The first-order valence-corrected chi connectivity index (χ1v) is 13.1. The van der Waals surface area contributed by atoms with Gasteiger partial charge in [-0.3, -0.25) is 9.10 Å². The fraction of sp³-hybridized carbons (Fsp3) is 0.107. The van der Waals surface area contributed by atoms with E-state index in [4.69, 9.17) is 16.3 Å². The van der Waals surface area contributed by atoms with Crippen LogP contribution < -0.4 is 14.4 Å². The molecule has 0 saturated heterocycles. The molecule has 0 saturated carbocycles. The number of benzene rings is 4. The van der Waals surface area contributed by atoms with Crippen molar-refractivity contribution < 1.29 is 17.9 Å². The Bertz CT molecular complexity index is 1400. The molecule has 4 aromatic rings. The van der Waals surface area contributed by atoms with Crippen molar-refractivity contribution in [2.24, 2.45) is 0 Å². The Morgan fingerprint density at radius 1 is 0.806 bits per heavy atom. The second-order valence-electron chi connectivity index (χ2n) is 7.89. The van der Waals surface area contributed by atoms with Gasteiger partial charge in [-0.15, -0.1) is 0 Å². The molecule has 0 spiro atoms. The summed E-state index contributed by atoms with van der Waals surface area (Å²) in [5, 5.41) is 3.32. The second-order valence-corrected chi connectivity index (χ2v) is 10.2. The minimum absolute atomic E-state index is 0.120. The summed E-state index contributed by atoms with van der Waals surface area (Å²) < 4.78 is 33.8. The zero-order chi connectivity index (χ0) is 25.4. The molecule has 4 rings (SSSR count). The van der Waals surface area contributed by atoms with E-state index in [2.05, 4.69) is 5.32 Å². The molecular weight excluding hydrogens is 496 g/mol. The van der Waals surface area contributed by atoms with Crippen molar-refractivity contribution in [3.63, 3.8) is 0 Å². The van der Waals surface area contributed by atoms with Crippen molar-refractivity contribution >= 4 is 33.2 Å². The minimum atomic E-state index is -3.79. The van der Waals surface area contributed by atoms with Gasteiger partial charge in [-0.2, -0.15) is 0 Å². The molecule has 0 radical (unpaired) electrons. The Morgan fingerprint density at radius 3 is 2.08 bits per heavy atom. The number of carbonyl (C=O) groups excluding carboxylic acids is 1. The summed E-state index contributed by atoms with van der Waals surface area (Å²) in [6, 6.07) is 31.3. The number of ether oxygens (including phenoxy) is 1. The first kappa shape index (κ1) is 25.3. The van der Waals surface area contributed by atoms with Gasteiger partial charge in [0, 0.05) is 5.56 Å². The molecule has 0 fully saturated rings. The number of anilines is 1. The topological polar surface area (TPSA) is 75.7 Å². The summed E-state index contributed by atoms with van der Waals surface area (Å²) in [5.74, 6) is 0.312. The Kier molecular flexibility index (Phi) is 8.25. The van der Waals surface area contributed by atoms with Crippen molar-refractivity contribution in [1.29, 1.82) is 0 Å². The normalized spacial score (nSPS) is 11.0. The quantitative estimate of drug-likeness (QED) is 0.278. The van der Waals surface area contributed by atoms with Crippen molar-refractivity contribution in [1.82, 2.24) is 5.32 Å². The Balaban J connectivity index is 1.42. The highest BCUT2D eigenvalue weighted by molar-refractivity contribution is 7.92. The Morgan fingerprint density at radius 2 is 1.42 bits per heavy atom. The highest BCUT2D eigenvalue weighted by atomic mass is 35.5. The summed E-state index contributed by atoms with van der Waals surface area (Å²) in [7, 11) is -3.79. The monoisotopic (exact) mass is 520 g/mol. The largest absolute Gasteiger partial charge is 0.490 e. The minimum Gasteiger partial charge on any atom is -0.490 e. The fourth-order valence-corrected chi connectivity index (χ4v) is 5.21.